The zero-order valence-electron chi connectivity index (χ0n) is 9.56. The zero-order chi connectivity index (χ0) is 12.0. The standard InChI is InChI=1S/C10H19N3O3/c1-13(6-5-9(11)12-15)10(14)8-4-2-3-7-16-8/h8,15H,2-7H2,1H3,(H2,11,12). The minimum Gasteiger partial charge on any atom is -0.409 e. The Bertz CT molecular complexity index is 262. The van der Waals surface area contributed by atoms with Crippen LogP contribution in [0.1, 0.15) is 25.7 Å². The van der Waals surface area contributed by atoms with Crippen molar-refractivity contribution in [1.82, 2.24) is 4.90 Å². The third kappa shape index (κ3) is 3.69. The first-order valence-corrected chi connectivity index (χ1v) is 5.48. The number of nitrogens with zero attached hydrogens (tertiary/aromatic N) is 2. The fourth-order valence-corrected chi connectivity index (χ4v) is 1.62. The Morgan fingerprint density at radius 2 is 2.38 bits per heavy atom. The lowest BCUT2D eigenvalue weighted by Crippen LogP contribution is -2.40. The first-order valence-electron chi connectivity index (χ1n) is 5.48. The Labute approximate surface area is 95.0 Å². The molecule has 16 heavy (non-hydrogen) atoms. The van der Waals surface area contributed by atoms with Gasteiger partial charge >= 0.3 is 0 Å². The fourth-order valence-electron chi connectivity index (χ4n) is 1.62. The van der Waals surface area contributed by atoms with Crippen LogP contribution < -0.4 is 5.73 Å². The van der Waals surface area contributed by atoms with Gasteiger partial charge in [0.1, 0.15) is 11.9 Å². The molecule has 92 valence electrons. The molecule has 0 radical (unpaired) electrons. The minimum atomic E-state index is -0.314. The monoisotopic (exact) mass is 229 g/mol. The van der Waals surface area contributed by atoms with Crippen LogP contribution in [0.5, 0.6) is 0 Å². The molecule has 0 aromatic carbocycles. The highest BCUT2D eigenvalue weighted by Gasteiger charge is 2.24. The van der Waals surface area contributed by atoms with E-state index >= 15 is 0 Å². The molecular formula is C10H19N3O3. The van der Waals surface area contributed by atoms with Gasteiger partial charge in [0.15, 0.2) is 0 Å². The molecule has 1 aliphatic rings. The number of hydrogen-bond acceptors (Lipinski definition) is 4. The van der Waals surface area contributed by atoms with E-state index in [1.165, 1.54) is 0 Å². The van der Waals surface area contributed by atoms with Crippen LogP contribution in [0.4, 0.5) is 0 Å². The van der Waals surface area contributed by atoms with Gasteiger partial charge in [-0.05, 0) is 19.3 Å². The highest BCUT2D eigenvalue weighted by Crippen LogP contribution is 2.14. The van der Waals surface area contributed by atoms with Crippen LogP contribution in [0.3, 0.4) is 0 Å². The SMILES string of the molecule is CN(CCC(N)=NO)C(=O)C1CCCCO1. The Morgan fingerprint density at radius 1 is 1.62 bits per heavy atom. The molecule has 1 fully saturated rings. The highest BCUT2D eigenvalue weighted by molar-refractivity contribution is 5.83. The summed E-state index contributed by atoms with van der Waals surface area (Å²) in [6.07, 6.45) is 2.89. The summed E-state index contributed by atoms with van der Waals surface area (Å²) in [5, 5.41) is 11.2. The molecule has 0 bridgehead atoms. The van der Waals surface area contributed by atoms with Crippen LogP contribution in [0.2, 0.25) is 0 Å². The number of nitrogens with two attached hydrogens (primary N) is 1. The van der Waals surface area contributed by atoms with Gasteiger partial charge in [0.2, 0.25) is 0 Å². The molecule has 0 aliphatic carbocycles. The molecule has 0 saturated carbocycles. The minimum absolute atomic E-state index is 0.0227. The number of hydrogen-bond donors (Lipinski definition) is 2. The lowest BCUT2D eigenvalue weighted by Gasteiger charge is -2.26. The van der Waals surface area contributed by atoms with E-state index in [-0.39, 0.29) is 17.8 Å². The summed E-state index contributed by atoms with van der Waals surface area (Å²) in [6.45, 7) is 1.10. The molecule has 1 atom stereocenters. The smallest absolute Gasteiger partial charge is 0.251 e. The maximum atomic E-state index is 11.9. The number of carbonyl (C=O) groups is 1. The van der Waals surface area contributed by atoms with Crippen molar-refractivity contribution in [3.63, 3.8) is 0 Å². The zero-order valence-corrected chi connectivity index (χ0v) is 9.56. The van der Waals surface area contributed by atoms with Crippen molar-refractivity contribution in [2.24, 2.45) is 10.9 Å². The molecule has 0 spiro atoms. The van der Waals surface area contributed by atoms with Crippen LogP contribution in [0.25, 0.3) is 0 Å². The molecule has 3 N–H and O–H groups in total. The summed E-state index contributed by atoms with van der Waals surface area (Å²) < 4.78 is 5.39. The Balaban J connectivity index is 2.34. The van der Waals surface area contributed by atoms with Gasteiger partial charge in [0, 0.05) is 26.6 Å². The Kier molecular flexibility index (Phi) is 5.04. The van der Waals surface area contributed by atoms with Gasteiger partial charge in [-0.1, -0.05) is 5.16 Å². The predicted molar refractivity (Wildman–Crippen MR) is 59.3 cm³/mol. The number of amidine groups is 1. The Hall–Kier alpha value is -1.30. The summed E-state index contributed by atoms with van der Waals surface area (Å²) in [6, 6.07) is 0. The molecule has 1 aliphatic heterocycles. The second-order valence-electron chi connectivity index (χ2n) is 3.96. The maximum absolute atomic E-state index is 11.9. The van der Waals surface area contributed by atoms with Crippen molar-refractivity contribution in [2.75, 3.05) is 20.2 Å². The third-order valence-electron chi connectivity index (χ3n) is 2.66. The average Bonchev–Trinajstić information content (AvgIpc) is 2.35. The first-order chi connectivity index (χ1) is 7.65. The van der Waals surface area contributed by atoms with E-state index in [1.807, 2.05) is 0 Å². The maximum Gasteiger partial charge on any atom is 0.251 e. The number of ether oxygens (including phenoxy) is 1. The molecule has 1 saturated heterocycles. The average molecular weight is 229 g/mol. The second-order valence-corrected chi connectivity index (χ2v) is 3.96. The molecule has 1 unspecified atom stereocenters. The van der Waals surface area contributed by atoms with Crippen LogP contribution in [-0.2, 0) is 9.53 Å². The topological polar surface area (TPSA) is 88.1 Å². The molecule has 0 aromatic heterocycles. The molecule has 6 heteroatoms. The lowest BCUT2D eigenvalue weighted by atomic mass is 10.1. The van der Waals surface area contributed by atoms with Gasteiger partial charge in [-0.3, -0.25) is 4.79 Å². The number of likely N-dealkylation sites (N-methyl/N-ethyl adjacent to an activating group) is 1. The van der Waals surface area contributed by atoms with E-state index in [0.717, 1.165) is 19.3 Å². The van der Waals surface area contributed by atoms with Crippen LogP contribution >= 0.6 is 0 Å². The summed E-state index contributed by atoms with van der Waals surface area (Å²) >= 11 is 0. The number of rotatable bonds is 4. The van der Waals surface area contributed by atoms with E-state index in [0.29, 0.717) is 19.6 Å². The summed E-state index contributed by atoms with van der Waals surface area (Å²) in [5.74, 6) is 0.106. The van der Waals surface area contributed by atoms with Crippen molar-refractivity contribution >= 4 is 11.7 Å². The first kappa shape index (κ1) is 12.8. The summed E-state index contributed by atoms with van der Waals surface area (Å²) in [5.41, 5.74) is 5.33. The highest BCUT2D eigenvalue weighted by atomic mass is 16.5. The van der Waals surface area contributed by atoms with Gasteiger partial charge < -0.3 is 20.6 Å². The normalized spacial score (nSPS) is 21.8. The molecule has 1 rings (SSSR count). The van der Waals surface area contributed by atoms with E-state index in [1.54, 1.807) is 11.9 Å². The van der Waals surface area contributed by atoms with Gasteiger partial charge in [-0.2, -0.15) is 0 Å². The van der Waals surface area contributed by atoms with E-state index < -0.39 is 0 Å². The molecule has 6 nitrogen and oxygen atoms in total. The largest absolute Gasteiger partial charge is 0.409 e. The number of oxime groups is 1. The van der Waals surface area contributed by atoms with Crippen molar-refractivity contribution in [1.29, 1.82) is 0 Å². The fraction of sp³-hybridized carbons (Fsp3) is 0.800. The van der Waals surface area contributed by atoms with Crippen molar-refractivity contribution in [2.45, 2.75) is 31.8 Å². The summed E-state index contributed by atoms with van der Waals surface area (Å²) in [4.78, 5) is 13.4. The van der Waals surface area contributed by atoms with Crippen molar-refractivity contribution < 1.29 is 14.7 Å². The van der Waals surface area contributed by atoms with Crippen molar-refractivity contribution in [3.8, 4) is 0 Å². The lowest BCUT2D eigenvalue weighted by molar-refractivity contribution is -0.145. The Morgan fingerprint density at radius 3 is 2.94 bits per heavy atom. The quantitative estimate of drug-likeness (QED) is 0.311. The molecule has 1 amide bonds. The number of carbonyl (C=O) groups excluding carboxylic acids is 1. The third-order valence-corrected chi connectivity index (χ3v) is 2.66. The number of amides is 1. The second kappa shape index (κ2) is 6.32. The van der Waals surface area contributed by atoms with Crippen LogP contribution in [0, 0.1) is 0 Å². The van der Waals surface area contributed by atoms with Crippen LogP contribution in [-0.4, -0.2) is 48.2 Å². The van der Waals surface area contributed by atoms with Gasteiger partial charge in [0.25, 0.3) is 5.91 Å². The van der Waals surface area contributed by atoms with Gasteiger partial charge in [0.05, 0.1) is 0 Å². The summed E-state index contributed by atoms with van der Waals surface area (Å²) in [7, 11) is 1.70. The molecular weight excluding hydrogens is 210 g/mol. The molecule has 1 heterocycles. The van der Waals surface area contributed by atoms with Crippen molar-refractivity contribution in [3.05, 3.63) is 0 Å². The van der Waals surface area contributed by atoms with E-state index in [9.17, 15) is 4.79 Å². The predicted octanol–water partition coefficient (Wildman–Crippen LogP) is 0.150. The van der Waals surface area contributed by atoms with E-state index in [4.69, 9.17) is 15.7 Å². The van der Waals surface area contributed by atoms with E-state index in [2.05, 4.69) is 5.16 Å². The van der Waals surface area contributed by atoms with Crippen LogP contribution in [0.15, 0.2) is 5.16 Å². The van der Waals surface area contributed by atoms with Gasteiger partial charge in [-0.25, -0.2) is 0 Å². The van der Waals surface area contributed by atoms with Gasteiger partial charge in [-0.15, -0.1) is 0 Å². The molecule has 0 aromatic rings.